The van der Waals surface area contributed by atoms with Crippen molar-refractivity contribution in [1.82, 2.24) is 0 Å². The van der Waals surface area contributed by atoms with E-state index in [1.54, 1.807) is 0 Å². The molecule has 202 valence electrons. The van der Waals surface area contributed by atoms with Gasteiger partial charge in [-0.2, -0.15) is 0 Å². The van der Waals surface area contributed by atoms with Gasteiger partial charge in [0.05, 0.1) is 19.3 Å². The van der Waals surface area contributed by atoms with Crippen LogP contribution < -0.4 is 0 Å². The van der Waals surface area contributed by atoms with Gasteiger partial charge in [-0.15, -0.1) is 0 Å². The SMILES string of the molecule is CCCCCCCCCC(C)O[C@@H]1OC(CO)[C@@H](O[C@H]2OC(CO)[C@@H](O)C(O)C2O)C(O)C1O. The standard InChI is InChI=1S/C23H44O11/c1-3-4-5-6-7-8-9-10-13(2)31-22-20(30)18(28)21(15(12-25)33-22)34-23-19(29)17(27)16(26)14(11-24)32-23/h13-30H,3-12H2,1-2H3/t13?,14?,15?,16-,17?,18?,19?,20?,21-,22-,23-/m1/s1. The quantitative estimate of drug-likeness (QED) is 0.149. The number of rotatable bonds is 14. The Balaban J connectivity index is 1.87. The Bertz CT molecular complexity index is 549. The first-order valence-electron chi connectivity index (χ1n) is 12.5. The number of hydrogen-bond acceptors (Lipinski definition) is 11. The first kappa shape index (κ1) is 29.8. The summed E-state index contributed by atoms with van der Waals surface area (Å²) in [6.45, 7) is 2.80. The molecular weight excluding hydrogens is 452 g/mol. The van der Waals surface area contributed by atoms with Gasteiger partial charge in [0.1, 0.15) is 48.8 Å². The van der Waals surface area contributed by atoms with Gasteiger partial charge in [0.25, 0.3) is 0 Å². The van der Waals surface area contributed by atoms with Crippen LogP contribution in [0.3, 0.4) is 0 Å². The molecule has 0 radical (unpaired) electrons. The van der Waals surface area contributed by atoms with E-state index < -0.39 is 74.6 Å². The van der Waals surface area contributed by atoms with Crippen molar-refractivity contribution in [2.45, 2.75) is 133 Å². The molecule has 11 atom stereocenters. The lowest BCUT2D eigenvalue weighted by molar-refractivity contribution is -0.362. The molecule has 0 aliphatic carbocycles. The zero-order valence-electron chi connectivity index (χ0n) is 20.2. The number of aliphatic hydroxyl groups excluding tert-OH is 7. The molecule has 0 bridgehead atoms. The molecule has 34 heavy (non-hydrogen) atoms. The normalized spacial score (nSPS) is 39.8. The average molecular weight is 497 g/mol. The lowest BCUT2D eigenvalue weighted by atomic mass is 9.97. The summed E-state index contributed by atoms with van der Waals surface area (Å²) >= 11 is 0. The van der Waals surface area contributed by atoms with Crippen LogP contribution in [0, 0.1) is 0 Å². The second-order valence-electron chi connectivity index (χ2n) is 9.36. The van der Waals surface area contributed by atoms with E-state index in [1.165, 1.54) is 25.7 Å². The number of ether oxygens (including phenoxy) is 4. The summed E-state index contributed by atoms with van der Waals surface area (Å²) in [5.74, 6) is 0. The van der Waals surface area contributed by atoms with Gasteiger partial charge in [-0.25, -0.2) is 0 Å². The summed E-state index contributed by atoms with van der Waals surface area (Å²) in [6, 6.07) is 0. The molecule has 2 aliphatic heterocycles. The van der Waals surface area contributed by atoms with Crippen LogP contribution in [0.2, 0.25) is 0 Å². The van der Waals surface area contributed by atoms with E-state index in [4.69, 9.17) is 18.9 Å². The zero-order valence-corrected chi connectivity index (χ0v) is 20.2. The third-order valence-corrected chi connectivity index (χ3v) is 6.54. The summed E-state index contributed by atoms with van der Waals surface area (Å²) in [5, 5.41) is 70.3. The Labute approximate surface area is 201 Å². The van der Waals surface area contributed by atoms with E-state index in [9.17, 15) is 35.7 Å². The molecule has 11 heteroatoms. The summed E-state index contributed by atoms with van der Waals surface area (Å²) in [4.78, 5) is 0. The molecule has 2 heterocycles. The predicted octanol–water partition coefficient (Wildman–Crippen LogP) is -0.844. The number of unbranched alkanes of at least 4 members (excludes halogenated alkanes) is 6. The van der Waals surface area contributed by atoms with Gasteiger partial charge < -0.3 is 54.7 Å². The van der Waals surface area contributed by atoms with Crippen LogP contribution in [0.1, 0.15) is 65.2 Å². The second kappa shape index (κ2) is 15.0. The van der Waals surface area contributed by atoms with Crippen molar-refractivity contribution in [2.75, 3.05) is 13.2 Å². The Morgan fingerprint density at radius 2 is 1.24 bits per heavy atom. The van der Waals surface area contributed by atoms with Crippen LogP contribution in [-0.2, 0) is 18.9 Å². The highest BCUT2D eigenvalue weighted by Crippen LogP contribution is 2.30. The van der Waals surface area contributed by atoms with E-state index in [1.807, 2.05) is 6.92 Å². The smallest absolute Gasteiger partial charge is 0.187 e. The van der Waals surface area contributed by atoms with Crippen LogP contribution in [0.15, 0.2) is 0 Å². The lowest BCUT2D eigenvalue weighted by Crippen LogP contribution is -2.64. The topological polar surface area (TPSA) is 179 Å². The van der Waals surface area contributed by atoms with Gasteiger partial charge in [-0.3, -0.25) is 0 Å². The fraction of sp³-hybridized carbons (Fsp3) is 1.00. The molecule has 0 aromatic carbocycles. The van der Waals surface area contributed by atoms with Crippen LogP contribution in [0.5, 0.6) is 0 Å². The minimum Gasteiger partial charge on any atom is -0.394 e. The maximum Gasteiger partial charge on any atom is 0.187 e. The molecule has 2 fully saturated rings. The van der Waals surface area contributed by atoms with Crippen molar-refractivity contribution in [3.63, 3.8) is 0 Å². The third kappa shape index (κ3) is 8.04. The van der Waals surface area contributed by atoms with Crippen LogP contribution >= 0.6 is 0 Å². The first-order chi connectivity index (χ1) is 16.2. The molecule has 2 saturated heterocycles. The molecule has 11 nitrogen and oxygen atoms in total. The maximum absolute atomic E-state index is 10.7. The van der Waals surface area contributed by atoms with Gasteiger partial charge in [0, 0.05) is 0 Å². The van der Waals surface area contributed by atoms with Gasteiger partial charge in [0.15, 0.2) is 12.6 Å². The molecular formula is C23H44O11. The lowest BCUT2D eigenvalue weighted by Gasteiger charge is -2.46. The van der Waals surface area contributed by atoms with Crippen LogP contribution in [0.4, 0.5) is 0 Å². The van der Waals surface area contributed by atoms with Gasteiger partial charge >= 0.3 is 0 Å². The monoisotopic (exact) mass is 496 g/mol. The molecule has 0 aromatic rings. The molecule has 0 spiro atoms. The largest absolute Gasteiger partial charge is 0.394 e. The second-order valence-corrected chi connectivity index (χ2v) is 9.36. The fourth-order valence-corrected chi connectivity index (χ4v) is 4.35. The summed E-state index contributed by atoms with van der Waals surface area (Å²) in [5.41, 5.74) is 0. The highest BCUT2D eigenvalue weighted by atomic mass is 16.7. The maximum atomic E-state index is 10.7. The Kier molecular flexibility index (Phi) is 13.1. The predicted molar refractivity (Wildman–Crippen MR) is 120 cm³/mol. The highest BCUT2D eigenvalue weighted by Gasteiger charge is 2.50. The zero-order chi connectivity index (χ0) is 25.3. The minimum absolute atomic E-state index is 0.246. The summed E-state index contributed by atoms with van der Waals surface area (Å²) < 4.78 is 22.3. The van der Waals surface area contributed by atoms with Gasteiger partial charge in [0.2, 0.25) is 0 Å². The van der Waals surface area contributed by atoms with Gasteiger partial charge in [-0.1, -0.05) is 51.9 Å². The average Bonchev–Trinajstić information content (AvgIpc) is 2.83. The van der Waals surface area contributed by atoms with Crippen molar-refractivity contribution in [3.8, 4) is 0 Å². The first-order valence-corrected chi connectivity index (χ1v) is 12.5. The minimum atomic E-state index is -1.70. The summed E-state index contributed by atoms with van der Waals surface area (Å²) in [6.07, 6.45) is -5.75. The molecule has 2 rings (SSSR count). The fourth-order valence-electron chi connectivity index (χ4n) is 4.35. The molecule has 0 aromatic heterocycles. The molecule has 0 saturated carbocycles. The van der Waals surface area contributed by atoms with Crippen molar-refractivity contribution in [1.29, 1.82) is 0 Å². The third-order valence-electron chi connectivity index (χ3n) is 6.54. The molecule has 2 aliphatic rings. The van der Waals surface area contributed by atoms with Gasteiger partial charge in [-0.05, 0) is 13.3 Å². The Morgan fingerprint density at radius 1 is 0.676 bits per heavy atom. The summed E-state index contributed by atoms with van der Waals surface area (Å²) in [7, 11) is 0. The van der Waals surface area contributed by atoms with Crippen molar-refractivity contribution >= 4 is 0 Å². The number of aliphatic hydroxyl groups is 7. The van der Waals surface area contributed by atoms with E-state index in [0.29, 0.717) is 0 Å². The van der Waals surface area contributed by atoms with Crippen LogP contribution in [-0.4, -0.2) is 116 Å². The Morgan fingerprint density at radius 3 is 1.85 bits per heavy atom. The molecule has 7 unspecified atom stereocenters. The molecule has 7 N–H and O–H groups in total. The van der Waals surface area contributed by atoms with E-state index >= 15 is 0 Å². The highest BCUT2D eigenvalue weighted by molar-refractivity contribution is 4.94. The van der Waals surface area contributed by atoms with E-state index in [0.717, 1.165) is 25.7 Å². The van der Waals surface area contributed by atoms with Crippen molar-refractivity contribution in [2.24, 2.45) is 0 Å². The van der Waals surface area contributed by atoms with Crippen LogP contribution in [0.25, 0.3) is 0 Å². The van der Waals surface area contributed by atoms with E-state index in [-0.39, 0.29) is 6.10 Å². The van der Waals surface area contributed by atoms with Crippen molar-refractivity contribution in [3.05, 3.63) is 0 Å². The molecule has 0 amide bonds. The van der Waals surface area contributed by atoms with Crippen molar-refractivity contribution < 1.29 is 54.7 Å². The number of hydrogen-bond donors (Lipinski definition) is 7. The Hall–Kier alpha value is -0.440. The van der Waals surface area contributed by atoms with E-state index in [2.05, 4.69) is 6.92 Å².